The van der Waals surface area contributed by atoms with Gasteiger partial charge in [0, 0.05) is 31.0 Å². The summed E-state index contributed by atoms with van der Waals surface area (Å²) in [4.78, 5) is 13.6. The Balaban J connectivity index is 1.82. The van der Waals surface area contributed by atoms with Crippen LogP contribution in [0.1, 0.15) is 42.1 Å². The third kappa shape index (κ3) is 2.31. The van der Waals surface area contributed by atoms with Gasteiger partial charge in [0.25, 0.3) is 0 Å². The maximum atomic E-state index is 13.0. The van der Waals surface area contributed by atoms with Crippen molar-refractivity contribution in [3.8, 4) is 11.5 Å². The molecule has 0 aromatic carbocycles. The van der Waals surface area contributed by atoms with Crippen LogP contribution in [0.15, 0.2) is 18.3 Å². The number of pyridine rings is 1. The molecule has 2 aromatic rings. The predicted octanol–water partition coefficient (Wildman–Crippen LogP) is 2.59. The highest BCUT2D eigenvalue weighted by Crippen LogP contribution is 2.38. The third-order valence-electron chi connectivity index (χ3n) is 4.41. The SMILES string of the molecule is Fc1ccc(-c2nc3c(c(C4CCC4)n2)CNCC3)nc1. The van der Waals surface area contributed by atoms with E-state index in [1.54, 1.807) is 6.07 Å². The van der Waals surface area contributed by atoms with Crippen LogP contribution in [0, 0.1) is 5.82 Å². The molecule has 1 saturated carbocycles. The van der Waals surface area contributed by atoms with Crippen LogP contribution in [0.25, 0.3) is 11.5 Å². The first kappa shape index (κ1) is 12.8. The largest absolute Gasteiger partial charge is 0.312 e. The monoisotopic (exact) mass is 284 g/mol. The molecule has 4 rings (SSSR count). The lowest BCUT2D eigenvalue weighted by atomic mass is 9.80. The molecule has 108 valence electrons. The molecule has 4 nitrogen and oxygen atoms in total. The van der Waals surface area contributed by atoms with Crippen molar-refractivity contribution in [2.75, 3.05) is 6.54 Å². The van der Waals surface area contributed by atoms with E-state index >= 15 is 0 Å². The van der Waals surface area contributed by atoms with Crippen LogP contribution < -0.4 is 5.32 Å². The van der Waals surface area contributed by atoms with Gasteiger partial charge in [-0.05, 0) is 25.0 Å². The number of hydrogen-bond donors (Lipinski definition) is 1. The number of aromatic nitrogens is 3. The summed E-state index contributed by atoms with van der Waals surface area (Å²) in [6.07, 6.45) is 5.84. The van der Waals surface area contributed by atoms with Crippen molar-refractivity contribution in [1.82, 2.24) is 20.3 Å². The number of fused-ring (bicyclic) bond motifs is 1. The van der Waals surface area contributed by atoms with Gasteiger partial charge < -0.3 is 5.32 Å². The first-order valence-electron chi connectivity index (χ1n) is 7.53. The van der Waals surface area contributed by atoms with Crippen molar-refractivity contribution in [3.63, 3.8) is 0 Å². The summed E-state index contributed by atoms with van der Waals surface area (Å²) in [5.41, 5.74) is 4.24. The summed E-state index contributed by atoms with van der Waals surface area (Å²) >= 11 is 0. The number of halogens is 1. The van der Waals surface area contributed by atoms with Gasteiger partial charge in [-0.3, -0.25) is 0 Å². The highest BCUT2D eigenvalue weighted by atomic mass is 19.1. The number of nitrogens with zero attached hydrogens (tertiary/aromatic N) is 3. The molecule has 2 aliphatic rings. The molecule has 1 aliphatic carbocycles. The molecule has 0 saturated heterocycles. The van der Waals surface area contributed by atoms with Crippen LogP contribution >= 0.6 is 0 Å². The lowest BCUT2D eigenvalue weighted by molar-refractivity contribution is 0.404. The van der Waals surface area contributed by atoms with Crippen LogP contribution in [0.5, 0.6) is 0 Å². The fraction of sp³-hybridized carbons (Fsp3) is 0.438. The topological polar surface area (TPSA) is 50.7 Å². The van der Waals surface area contributed by atoms with Gasteiger partial charge in [0.05, 0.1) is 17.6 Å². The summed E-state index contributed by atoms with van der Waals surface area (Å²) in [5.74, 6) is 0.860. The third-order valence-corrected chi connectivity index (χ3v) is 4.41. The van der Waals surface area contributed by atoms with Gasteiger partial charge in [-0.25, -0.2) is 19.3 Å². The molecular formula is C16H17FN4. The van der Waals surface area contributed by atoms with Crippen molar-refractivity contribution in [2.45, 2.75) is 38.1 Å². The molecule has 0 bridgehead atoms. The van der Waals surface area contributed by atoms with E-state index in [9.17, 15) is 4.39 Å². The van der Waals surface area contributed by atoms with Crippen molar-refractivity contribution < 1.29 is 4.39 Å². The molecule has 5 heteroatoms. The Labute approximate surface area is 122 Å². The molecule has 0 unspecified atom stereocenters. The van der Waals surface area contributed by atoms with Crippen molar-refractivity contribution in [3.05, 3.63) is 41.1 Å². The van der Waals surface area contributed by atoms with Crippen LogP contribution in [0.2, 0.25) is 0 Å². The molecule has 1 N–H and O–H groups in total. The van der Waals surface area contributed by atoms with E-state index in [0.717, 1.165) is 25.2 Å². The highest BCUT2D eigenvalue weighted by Gasteiger charge is 2.27. The first-order valence-corrected chi connectivity index (χ1v) is 7.53. The zero-order valence-electron chi connectivity index (χ0n) is 11.8. The van der Waals surface area contributed by atoms with Gasteiger partial charge in [-0.15, -0.1) is 0 Å². The van der Waals surface area contributed by atoms with Crippen LogP contribution in [0.4, 0.5) is 4.39 Å². The van der Waals surface area contributed by atoms with E-state index in [2.05, 4.69) is 15.3 Å². The van der Waals surface area contributed by atoms with Crippen LogP contribution in [-0.2, 0) is 13.0 Å². The normalized spacial score (nSPS) is 18.1. The molecule has 1 aliphatic heterocycles. The van der Waals surface area contributed by atoms with Gasteiger partial charge in [0.1, 0.15) is 11.5 Å². The molecule has 0 radical (unpaired) electrons. The summed E-state index contributed by atoms with van der Waals surface area (Å²) in [7, 11) is 0. The van der Waals surface area contributed by atoms with Gasteiger partial charge in [-0.1, -0.05) is 6.42 Å². The molecular weight excluding hydrogens is 267 g/mol. The van der Waals surface area contributed by atoms with E-state index in [1.165, 1.54) is 42.8 Å². The number of rotatable bonds is 2. The summed E-state index contributed by atoms with van der Waals surface area (Å²) in [6, 6.07) is 3.07. The molecule has 2 aromatic heterocycles. The average Bonchev–Trinajstić information content (AvgIpc) is 2.46. The standard InChI is InChI=1S/C16H17FN4/c17-11-4-5-14(19-8-11)16-20-13-6-7-18-9-12(13)15(21-16)10-2-1-3-10/h4-5,8,10,18H,1-3,6-7,9H2. The Morgan fingerprint density at radius 1 is 1.19 bits per heavy atom. The van der Waals surface area contributed by atoms with Gasteiger partial charge >= 0.3 is 0 Å². The van der Waals surface area contributed by atoms with E-state index in [-0.39, 0.29) is 5.82 Å². The molecule has 0 atom stereocenters. The number of hydrogen-bond acceptors (Lipinski definition) is 4. The van der Waals surface area contributed by atoms with Gasteiger partial charge in [0.15, 0.2) is 5.82 Å². The van der Waals surface area contributed by atoms with E-state index in [1.807, 2.05) is 0 Å². The van der Waals surface area contributed by atoms with Gasteiger partial charge in [0.2, 0.25) is 0 Å². The minimum Gasteiger partial charge on any atom is -0.312 e. The Hall–Kier alpha value is -1.88. The van der Waals surface area contributed by atoms with E-state index in [4.69, 9.17) is 4.98 Å². The van der Waals surface area contributed by atoms with Crippen LogP contribution in [-0.4, -0.2) is 21.5 Å². The fourth-order valence-corrected chi connectivity index (χ4v) is 3.01. The van der Waals surface area contributed by atoms with Crippen molar-refractivity contribution >= 4 is 0 Å². The Bertz CT molecular complexity index is 665. The molecule has 21 heavy (non-hydrogen) atoms. The lowest BCUT2D eigenvalue weighted by Crippen LogP contribution is -2.28. The summed E-state index contributed by atoms with van der Waals surface area (Å²) < 4.78 is 13.0. The molecule has 0 amide bonds. The van der Waals surface area contributed by atoms with E-state index in [0.29, 0.717) is 17.4 Å². The quantitative estimate of drug-likeness (QED) is 0.921. The zero-order valence-corrected chi connectivity index (χ0v) is 11.8. The minimum absolute atomic E-state index is 0.333. The second-order valence-corrected chi connectivity index (χ2v) is 5.77. The van der Waals surface area contributed by atoms with Gasteiger partial charge in [-0.2, -0.15) is 0 Å². The Morgan fingerprint density at radius 2 is 2.10 bits per heavy atom. The highest BCUT2D eigenvalue weighted by molar-refractivity contribution is 5.51. The first-order chi connectivity index (χ1) is 10.3. The lowest BCUT2D eigenvalue weighted by Gasteiger charge is -2.29. The maximum absolute atomic E-state index is 13.0. The smallest absolute Gasteiger partial charge is 0.178 e. The second-order valence-electron chi connectivity index (χ2n) is 5.77. The Kier molecular flexibility index (Phi) is 3.15. The molecule has 0 spiro atoms. The minimum atomic E-state index is -0.333. The summed E-state index contributed by atoms with van der Waals surface area (Å²) in [5, 5.41) is 3.41. The number of nitrogens with one attached hydrogen (secondary N) is 1. The van der Waals surface area contributed by atoms with Crippen molar-refractivity contribution in [1.29, 1.82) is 0 Å². The zero-order chi connectivity index (χ0) is 14.2. The maximum Gasteiger partial charge on any atom is 0.178 e. The molecule has 3 heterocycles. The molecule has 1 fully saturated rings. The van der Waals surface area contributed by atoms with E-state index < -0.39 is 0 Å². The average molecular weight is 284 g/mol. The van der Waals surface area contributed by atoms with Crippen LogP contribution in [0.3, 0.4) is 0 Å². The Morgan fingerprint density at radius 3 is 2.81 bits per heavy atom. The second kappa shape index (κ2) is 5.15. The predicted molar refractivity (Wildman–Crippen MR) is 77.2 cm³/mol. The fourth-order valence-electron chi connectivity index (χ4n) is 3.01. The summed E-state index contributed by atoms with van der Waals surface area (Å²) in [6.45, 7) is 1.81. The van der Waals surface area contributed by atoms with Crippen molar-refractivity contribution in [2.24, 2.45) is 0 Å².